The third-order valence-electron chi connectivity index (χ3n) is 4.88. The van der Waals surface area contributed by atoms with Crippen molar-refractivity contribution in [2.75, 3.05) is 32.7 Å². The molecule has 2 aliphatic rings. The van der Waals surface area contributed by atoms with E-state index in [1.807, 2.05) is 6.92 Å². The average molecular weight is 470 g/mol. The van der Waals surface area contributed by atoms with Gasteiger partial charge >= 0.3 is 0 Å². The smallest absolute Gasteiger partial charge is 0.261 e. The molecule has 0 bridgehead atoms. The lowest BCUT2D eigenvalue weighted by atomic mass is 10.00. The molecule has 1 N–H and O–H groups in total. The molecule has 1 saturated heterocycles. The van der Waals surface area contributed by atoms with Crippen LogP contribution in [0.1, 0.15) is 47.4 Å². The first kappa shape index (κ1) is 20.7. The zero-order valence-corrected chi connectivity index (χ0v) is 17.7. The van der Waals surface area contributed by atoms with E-state index >= 15 is 0 Å². The fraction of sp³-hybridized carbons (Fsp3) is 0.526. The largest absolute Gasteiger partial charge is 0.357 e. The summed E-state index contributed by atoms with van der Waals surface area (Å²) >= 11 is 0. The number of rotatable bonds is 4. The number of likely N-dealkylation sites (tertiary alicyclic amines) is 1. The van der Waals surface area contributed by atoms with Crippen molar-refractivity contribution in [1.29, 1.82) is 0 Å². The van der Waals surface area contributed by atoms with Gasteiger partial charge in [0.15, 0.2) is 5.96 Å². The van der Waals surface area contributed by atoms with Crippen molar-refractivity contribution in [3.63, 3.8) is 0 Å². The van der Waals surface area contributed by atoms with Crippen molar-refractivity contribution in [1.82, 2.24) is 15.1 Å². The van der Waals surface area contributed by atoms with Gasteiger partial charge in [-0.3, -0.25) is 19.5 Å². The monoisotopic (exact) mass is 470 g/mol. The molecule has 0 radical (unpaired) electrons. The number of carbonyl (C=O) groups excluding carboxylic acids is 2. The third kappa shape index (κ3) is 4.36. The van der Waals surface area contributed by atoms with Crippen LogP contribution in [-0.2, 0) is 0 Å². The van der Waals surface area contributed by atoms with Gasteiger partial charge < -0.3 is 10.2 Å². The average Bonchev–Trinajstić information content (AvgIpc) is 2.87. The number of amides is 2. The van der Waals surface area contributed by atoms with E-state index in [2.05, 4.69) is 22.1 Å². The van der Waals surface area contributed by atoms with Gasteiger partial charge in [0.05, 0.1) is 17.7 Å². The van der Waals surface area contributed by atoms with Crippen molar-refractivity contribution in [3.8, 4) is 0 Å². The number of guanidine groups is 1. The number of piperidine rings is 1. The lowest BCUT2D eigenvalue weighted by Gasteiger charge is -2.33. The molecule has 1 aromatic rings. The van der Waals surface area contributed by atoms with Gasteiger partial charge in [-0.1, -0.05) is 19.1 Å². The van der Waals surface area contributed by atoms with Crippen LogP contribution in [0.15, 0.2) is 29.3 Å². The molecule has 1 aromatic carbocycles. The highest BCUT2D eigenvalue weighted by Crippen LogP contribution is 2.22. The molecule has 0 spiro atoms. The van der Waals surface area contributed by atoms with Gasteiger partial charge in [-0.15, -0.1) is 24.0 Å². The summed E-state index contributed by atoms with van der Waals surface area (Å²) in [6.07, 6.45) is 2.34. The summed E-state index contributed by atoms with van der Waals surface area (Å²) in [5.41, 5.74) is 0.988. The Balaban J connectivity index is 0.00000243. The molecule has 2 aliphatic heterocycles. The molecule has 26 heavy (non-hydrogen) atoms. The molecule has 142 valence electrons. The number of nitrogens with one attached hydrogen (secondary N) is 1. The van der Waals surface area contributed by atoms with Crippen LogP contribution in [-0.4, -0.2) is 60.3 Å². The number of hydrogen-bond donors (Lipinski definition) is 1. The minimum Gasteiger partial charge on any atom is -0.357 e. The van der Waals surface area contributed by atoms with Gasteiger partial charge in [0, 0.05) is 26.2 Å². The topological polar surface area (TPSA) is 65.0 Å². The molecule has 7 heteroatoms. The van der Waals surface area contributed by atoms with Crippen molar-refractivity contribution in [3.05, 3.63) is 35.4 Å². The molecule has 2 heterocycles. The van der Waals surface area contributed by atoms with Crippen LogP contribution in [0, 0.1) is 5.92 Å². The first-order valence-electron chi connectivity index (χ1n) is 9.10. The van der Waals surface area contributed by atoms with Gasteiger partial charge in [0.2, 0.25) is 0 Å². The third-order valence-corrected chi connectivity index (χ3v) is 4.88. The number of benzene rings is 1. The van der Waals surface area contributed by atoms with Crippen LogP contribution >= 0.6 is 24.0 Å². The highest BCUT2D eigenvalue weighted by atomic mass is 127. The Bertz CT molecular complexity index is 649. The lowest BCUT2D eigenvalue weighted by Crippen LogP contribution is -2.45. The summed E-state index contributed by atoms with van der Waals surface area (Å²) < 4.78 is 0. The van der Waals surface area contributed by atoms with E-state index in [9.17, 15) is 9.59 Å². The minimum atomic E-state index is -0.215. The van der Waals surface area contributed by atoms with Gasteiger partial charge in [-0.05, 0) is 37.8 Å². The Morgan fingerprint density at radius 1 is 1.15 bits per heavy atom. The number of nitrogens with zero attached hydrogens (tertiary/aromatic N) is 3. The van der Waals surface area contributed by atoms with Crippen LogP contribution in [0.25, 0.3) is 0 Å². The van der Waals surface area contributed by atoms with Crippen molar-refractivity contribution in [2.45, 2.75) is 26.7 Å². The molecule has 0 saturated carbocycles. The highest BCUT2D eigenvalue weighted by Gasteiger charge is 2.34. The molecule has 0 aromatic heterocycles. The summed E-state index contributed by atoms with van der Waals surface area (Å²) in [7, 11) is 0. The molecule has 0 aliphatic carbocycles. The van der Waals surface area contributed by atoms with Crippen LogP contribution in [0.4, 0.5) is 0 Å². The molecular weight excluding hydrogens is 443 g/mol. The molecule has 0 unspecified atom stereocenters. The Kier molecular flexibility index (Phi) is 7.43. The zero-order valence-electron chi connectivity index (χ0n) is 15.4. The number of halogens is 1. The van der Waals surface area contributed by atoms with Crippen LogP contribution < -0.4 is 5.32 Å². The predicted molar refractivity (Wildman–Crippen MR) is 113 cm³/mol. The summed E-state index contributed by atoms with van der Waals surface area (Å²) in [6, 6.07) is 6.98. The van der Waals surface area contributed by atoms with E-state index in [-0.39, 0.29) is 35.8 Å². The summed E-state index contributed by atoms with van der Waals surface area (Å²) in [5.74, 6) is 1.21. The number of aliphatic imine (C=N–C) groups is 1. The summed E-state index contributed by atoms with van der Waals surface area (Å²) in [5, 5.41) is 3.32. The van der Waals surface area contributed by atoms with Crippen molar-refractivity contribution >= 4 is 41.8 Å². The van der Waals surface area contributed by atoms with Crippen LogP contribution in [0.5, 0.6) is 0 Å². The molecular formula is C19H27IN4O2. The van der Waals surface area contributed by atoms with Gasteiger partial charge in [0.25, 0.3) is 11.8 Å². The maximum Gasteiger partial charge on any atom is 0.261 e. The maximum atomic E-state index is 12.4. The fourth-order valence-electron chi connectivity index (χ4n) is 3.34. The molecule has 3 rings (SSSR count). The first-order chi connectivity index (χ1) is 12.1. The highest BCUT2D eigenvalue weighted by molar-refractivity contribution is 14.0. The standard InChI is InChI=1S/C19H26N4O2.HI/c1-3-20-19(22-11-8-14(2)9-12-22)21-10-13-23-17(24)15-6-4-5-7-16(15)18(23)25;/h4-7,14H,3,8-13H2,1-2H3,(H,20,21);1H. The van der Waals surface area contributed by atoms with E-state index in [1.54, 1.807) is 24.3 Å². The van der Waals surface area contributed by atoms with E-state index < -0.39 is 0 Å². The van der Waals surface area contributed by atoms with Crippen molar-refractivity contribution in [2.24, 2.45) is 10.9 Å². The maximum absolute atomic E-state index is 12.4. The SMILES string of the molecule is CCNC(=NCCN1C(=O)c2ccccc2C1=O)N1CCC(C)CC1.I. The number of hydrogen-bond acceptors (Lipinski definition) is 3. The number of carbonyl (C=O) groups is 2. The first-order valence-corrected chi connectivity index (χ1v) is 9.10. The second-order valence-electron chi connectivity index (χ2n) is 6.71. The number of imide groups is 1. The Labute approximate surface area is 172 Å². The van der Waals surface area contributed by atoms with Crippen molar-refractivity contribution < 1.29 is 9.59 Å². The summed E-state index contributed by atoms with van der Waals surface area (Å²) in [6.45, 7) is 7.86. The predicted octanol–water partition coefficient (Wildman–Crippen LogP) is 2.60. The summed E-state index contributed by atoms with van der Waals surface area (Å²) in [4.78, 5) is 33.0. The Hall–Kier alpha value is -1.64. The fourth-order valence-corrected chi connectivity index (χ4v) is 3.34. The van der Waals surface area contributed by atoms with E-state index in [0.29, 0.717) is 24.2 Å². The minimum absolute atomic E-state index is 0. The van der Waals surface area contributed by atoms with Crippen LogP contribution in [0.3, 0.4) is 0 Å². The van der Waals surface area contributed by atoms with E-state index in [0.717, 1.165) is 31.5 Å². The van der Waals surface area contributed by atoms with Gasteiger partial charge in [0.1, 0.15) is 0 Å². The Morgan fingerprint density at radius 2 is 1.73 bits per heavy atom. The quantitative estimate of drug-likeness (QED) is 0.318. The normalized spacial score (nSPS) is 18.0. The van der Waals surface area contributed by atoms with E-state index in [1.165, 1.54) is 17.7 Å². The second-order valence-corrected chi connectivity index (χ2v) is 6.71. The second kappa shape index (κ2) is 9.34. The number of fused-ring (bicyclic) bond motifs is 1. The molecule has 1 fully saturated rings. The zero-order chi connectivity index (χ0) is 17.8. The molecule has 2 amide bonds. The van der Waals surface area contributed by atoms with Crippen LogP contribution in [0.2, 0.25) is 0 Å². The lowest BCUT2D eigenvalue weighted by molar-refractivity contribution is 0.0659. The van der Waals surface area contributed by atoms with E-state index in [4.69, 9.17) is 0 Å². The van der Waals surface area contributed by atoms with Gasteiger partial charge in [-0.2, -0.15) is 0 Å². The van der Waals surface area contributed by atoms with Gasteiger partial charge in [-0.25, -0.2) is 0 Å². The Morgan fingerprint density at radius 3 is 2.27 bits per heavy atom. The molecule has 0 atom stereocenters. The molecule has 6 nitrogen and oxygen atoms in total.